The minimum absolute atomic E-state index is 0.0676. The van der Waals surface area contributed by atoms with Crippen molar-refractivity contribution >= 4 is 6.03 Å². The van der Waals surface area contributed by atoms with Gasteiger partial charge in [0.15, 0.2) is 0 Å². The van der Waals surface area contributed by atoms with Crippen LogP contribution in [0.1, 0.15) is 33.1 Å². The first kappa shape index (κ1) is 12.3. The molecule has 88 valence electrons. The predicted octanol–water partition coefficient (Wildman–Crippen LogP) is 1.18. The van der Waals surface area contributed by atoms with Gasteiger partial charge in [-0.2, -0.15) is 0 Å². The summed E-state index contributed by atoms with van der Waals surface area (Å²) in [5.74, 6) is 0. The molecule has 1 aliphatic heterocycles. The molecule has 1 rings (SSSR count). The van der Waals surface area contributed by atoms with E-state index in [1.807, 2.05) is 18.7 Å². The Labute approximate surface area is 92.4 Å². The van der Waals surface area contributed by atoms with Crippen molar-refractivity contribution in [2.24, 2.45) is 0 Å². The normalized spacial score (nSPS) is 20.3. The summed E-state index contributed by atoms with van der Waals surface area (Å²) in [4.78, 5) is 13.4. The first-order valence-corrected chi connectivity index (χ1v) is 6.04. The van der Waals surface area contributed by atoms with Crippen LogP contribution >= 0.6 is 0 Å². The van der Waals surface area contributed by atoms with Gasteiger partial charge in [-0.3, -0.25) is 0 Å². The van der Waals surface area contributed by atoms with Gasteiger partial charge in [0.25, 0.3) is 0 Å². The second-order valence-corrected chi connectivity index (χ2v) is 3.99. The van der Waals surface area contributed by atoms with Crippen LogP contribution in [0, 0.1) is 0 Å². The van der Waals surface area contributed by atoms with Gasteiger partial charge in [0.2, 0.25) is 0 Å². The van der Waals surface area contributed by atoms with Crippen LogP contribution in [0.15, 0.2) is 0 Å². The molecule has 1 atom stereocenters. The molecule has 0 aromatic carbocycles. The maximum absolute atomic E-state index is 11.6. The lowest BCUT2D eigenvalue weighted by Crippen LogP contribution is -2.41. The molecule has 1 heterocycles. The van der Waals surface area contributed by atoms with Crippen molar-refractivity contribution in [3.05, 3.63) is 0 Å². The van der Waals surface area contributed by atoms with E-state index >= 15 is 0 Å². The molecule has 2 N–H and O–H groups in total. The topological polar surface area (TPSA) is 44.4 Å². The minimum atomic E-state index is 0.0676. The van der Waals surface area contributed by atoms with Gasteiger partial charge in [-0.1, -0.05) is 0 Å². The average molecular weight is 213 g/mol. The molecular formula is C11H23N3O. The molecule has 1 aliphatic rings. The molecule has 0 saturated carbocycles. The van der Waals surface area contributed by atoms with Crippen LogP contribution in [0.5, 0.6) is 0 Å². The number of urea groups is 1. The predicted molar refractivity (Wildman–Crippen MR) is 62.0 cm³/mol. The molecule has 0 radical (unpaired) electrons. The Morgan fingerprint density at radius 3 is 2.73 bits per heavy atom. The van der Waals surface area contributed by atoms with Crippen molar-refractivity contribution in [1.29, 1.82) is 0 Å². The van der Waals surface area contributed by atoms with Crippen molar-refractivity contribution in [3.8, 4) is 0 Å². The van der Waals surface area contributed by atoms with Gasteiger partial charge in [0, 0.05) is 25.7 Å². The Kier molecular flexibility index (Phi) is 5.47. The Morgan fingerprint density at radius 2 is 2.20 bits per heavy atom. The highest BCUT2D eigenvalue weighted by Gasteiger charge is 2.14. The first-order chi connectivity index (χ1) is 7.27. The van der Waals surface area contributed by atoms with Crippen molar-refractivity contribution in [1.82, 2.24) is 15.5 Å². The molecule has 15 heavy (non-hydrogen) atoms. The molecule has 1 saturated heterocycles. The fourth-order valence-corrected chi connectivity index (χ4v) is 1.98. The van der Waals surface area contributed by atoms with Crippen LogP contribution < -0.4 is 10.6 Å². The molecule has 4 nitrogen and oxygen atoms in total. The summed E-state index contributed by atoms with van der Waals surface area (Å²) in [5.41, 5.74) is 0. The smallest absolute Gasteiger partial charge is 0.317 e. The number of nitrogens with one attached hydrogen (secondary N) is 2. The molecule has 0 aliphatic carbocycles. The highest BCUT2D eigenvalue weighted by atomic mass is 16.2. The lowest BCUT2D eigenvalue weighted by Gasteiger charge is -2.19. The molecule has 4 heteroatoms. The molecular weight excluding hydrogens is 190 g/mol. The quantitative estimate of drug-likeness (QED) is 0.720. The van der Waals surface area contributed by atoms with E-state index in [-0.39, 0.29) is 6.03 Å². The number of hydrogen-bond donors (Lipinski definition) is 2. The third kappa shape index (κ3) is 4.08. The van der Waals surface area contributed by atoms with E-state index in [1.54, 1.807) is 0 Å². The van der Waals surface area contributed by atoms with Gasteiger partial charge in [-0.25, -0.2) is 4.79 Å². The van der Waals surface area contributed by atoms with E-state index in [4.69, 9.17) is 0 Å². The molecule has 1 fully saturated rings. The summed E-state index contributed by atoms with van der Waals surface area (Å²) in [5, 5.41) is 6.38. The van der Waals surface area contributed by atoms with Gasteiger partial charge < -0.3 is 15.5 Å². The fourth-order valence-electron chi connectivity index (χ4n) is 1.98. The van der Waals surface area contributed by atoms with Crippen LogP contribution in [-0.2, 0) is 0 Å². The Morgan fingerprint density at radius 1 is 1.47 bits per heavy atom. The van der Waals surface area contributed by atoms with Crippen LogP contribution in [0.3, 0.4) is 0 Å². The average Bonchev–Trinajstić information content (AvgIpc) is 2.72. The standard InChI is InChI=1S/C11H23N3O/c1-3-14(4-2)11(15)13-9-7-10-6-5-8-12-10/h10,12H,3-9H2,1-2H3,(H,13,15)/t10-/m0/s1. The SMILES string of the molecule is CCN(CC)C(=O)NCC[C@@H]1CCCN1. The summed E-state index contributed by atoms with van der Waals surface area (Å²) in [7, 11) is 0. The van der Waals surface area contributed by atoms with Crippen LogP contribution in [0.2, 0.25) is 0 Å². The number of amides is 2. The number of nitrogens with zero attached hydrogens (tertiary/aromatic N) is 1. The molecule has 0 unspecified atom stereocenters. The van der Waals surface area contributed by atoms with Crippen molar-refractivity contribution in [2.45, 2.75) is 39.2 Å². The highest BCUT2D eigenvalue weighted by molar-refractivity contribution is 5.73. The molecule has 0 aromatic rings. The molecule has 0 aromatic heterocycles. The van der Waals surface area contributed by atoms with Gasteiger partial charge in [-0.15, -0.1) is 0 Å². The van der Waals surface area contributed by atoms with Crippen molar-refractivity contribution < 1.29 is 4.79 Å². The molecule has 0 bridgehead atoms. The fraction of sp³-hybridized carbons (Fsp3) is 0.909. The zero-order valence-corrected chi connectivity index (χ0v) is 9.88. The van der Waals surface area contributed by atoms with E-state index in [2.05, 4.69) is 10.6 Å². The Balaban J connectivity index is 2.10. The van der Waals surface area contributed by atoms with E-state index in [0.29, 0.717) is 6.04 Å². The Hall–Kier alpha value is -0.770. The number of rotatable bonds is 5. The van der Waals surface area contributed by atoms with Gasteiger partial charge >= 0.3 is 6.03 Å². The summed E-state index contributed by atoms with van der Waals surface area (Å²) in [6.45, 7) is 7.49. The van der Waals surface area contributed by atoms with Crippen LogP contribution in [0.25, 0.3) is 0 Å². The van der Waals surface area contributed by atoms with Gasteiger partial charge in [-0.05, 0) is 39.7 Å². The Bertz CT molecular complexity index is 186. The number of hydrogen-bond acceptors (Lipinski definition) is 2. The summed E-state index contributed by atoms with van der Waals surface area (Å²) in [6.07, 6.45) is 3.57. The summed E-state index contributed by atoms with van der Waals surface area (Å²) < 4.78 is 0. The van der Waals surface area contributed by atoms with Crippen molar-refractivity contribution in [2.75, 3.05) is 26.2 Å². The second-order valence-electron chi connectivity index (χ2n) is 3.99. The molecule has 2 amide bonds. The van der Waals surface area contributed by atoms with E-state index in [1.165, 1.54) is 12.8 Å². The highest BCUT2D eigenvalue weighted by Crippen LogP contribution is 2.07. The molecule has 0 spiro atoms. The number of carbonyl (C=O) groups is 1. The van der Waals surface area contributed by atoms with E-state index in [9.17, 15) is 4.79 Å². The largest absolute Gasteiger partial charge is 0.338 e. The zero-order valence-electron chi connectivity index (χ0n) is 9.88. The second kappa shape index (κ2) is 6.67. The van der Waals surface area contributed by atoms with Gasteiger partial charge in [0.1, 0.15) is 0 Å². The van der Waals surface area contributed by atoms with Gasteiger partial charge in [0.05, 0.1) is 0 Å². The van der Waals surface area contributed by atoms with Crippen LogP contribution in [-0.4, -0.2) is 43.2 Å². The maximum Gasteiger partial charge on any atom is 0.317 e. The lowest BCUT2D eigenvalue weighted by molar-refractivity contribution is 0.203. The third-order valence-electron chi connectivity index (χ3n) is 2.98. The monoisotopic (exact) mass is 213 g/mol. The number of carbonyl (C=O) groups excluding carboxylic acids is 1. The summed E-state index contributed by atoms with van der Waals surface area (Å²) in [6, 6.07) is 0.681. The van der Waals surface area contributed by atoms with E-state index in [0.717, 1.165) is 32.6 Å². The van der Waals surface area contributed by atoms with Crippen molar-refractivity contribution in [3.63, 3.8) is 0 Å². The first-order valence-electron chi connectivity index (χ1n) is 6.04. The maximum atomic E-state index is 11.6. The lowest BCUT2D eigenvalue weighted by atomic mass is 10.1. The van der Waals surface area contributed by atoms with E-state index < -0.39 is 0 Å². The minimum Gasteiger partial charge on any atom is -0.338 e. The zero-order chi connectivity index (χ0) is 11.1. The van der Waals surface area contributed by atoms with Crippen LogP contribution in [0.4, 0.5) is 4.79 Å². The summed E-state index contributed by atoms with van der Waals surface area (Å²) >= 11 is 0. The third-order valence-corrected chi connectivity index (χ3v) is 2.98.